The summed E-state index contributed by atoms with van der Waals surface area (Å²) < 4.78 is 15.4. The van der Waals surface area contributed by atoms with Gasteiger partial charge in [-0.3, -0.25) is 9.47 Å². The highest BCUT2D eigenvalue weighted by molar-refractivity contribution is 5.82. The molecule has 1 aliphatic rings. The first-order chi connectivity index (χ1) is 6.47. The van der Waals surface area contributed by atoms with Gasteiger partial charge in [-0.1, -0.05) is 6.92 Å². The number of allylic oxidation sites excluding steroid dienone is 1. The van der Waals surface area contributed by atoms with E-state index in [2.05, 4.69) is 0 Å². The molecule has 1 fully saturated rings. The largest absolute Gasteiger partial charge is 0.404 e. The first kappa shape index (κ1) is 11.0. The first-order valence-corrected chi connectivity index (χ1v) is 4.50. The van der Waals surface area contributed by atoms with Crippen molar-refractivity contribution < 1.29 is 19.0 Å². The summed E-state index contributed by atoms with van der Waals surface area (Å²) in [5.74, 6) is -1.76. The SMILES string of the molecule is CCC1(OC(=O)/C=C(/C)N)OC(C)O1. The second-order valence-electron chi connectivity index (χ2n) is 3.15. The van der Waals surface area contributed by atoms with Crippen molar-refractivity contribution in [1.29, 1.82) is 0 Å². The van der Waals surface area contributed by atoms with Crippen LogP contribution >= 0.6 is 0 Å². The topological polar surface area (TPSA) is 70.8 Å². The van der Waals surface area contributed by atoms with E-state index in [0.717, 1.165) is 0 Å². The molecule has 0 aromatic rings. The highest BCUT2D eigenvalue weighted by Crippen LogP contribution is 2.33. The molecule has 5 heteroatoms. The molecule has 0 unspecified atom stereocenters. The van der Waals surface area contributed by atoms with Gasteiger partial charge in [-0.25, -0.2) is 4.79 Å². The third kappa shape index (κ3) is 2.46. The minimum atomic E-state index is -1.21. The number of nitrogens with two attached hydrogens (primary N) is 1. The Balaban J connectivity index is 2.50. The Morgan fingerprint density at radius 3 is 2.57 bits per heavy atom. The van der Waals surface area contributed by atoms with Gasteiger partial charge in [0.05, 0.1) is 0 Å². The lowest BCUT2D eigenvalue weighted by atomic mass is 10.3. The van der Waals surface area contributed by atoms with Crippen LogP contribution in [0.2, 0.25) is 0 Å². The molecule has 0 aliphatic carbocycles. The molecular formula is C9H15NO4. The van der Waals surface area contributed by atoms with Gasteiger partial charge in [0.2, 0.25) is 0 Å². The van der Waals surface area contributed by atoms with Crippen LogP contribution < -0.4 is 5.73 Å². The van der Waals surface area contributed by atoms with Gasteiger partial charge in [-0.2, -0.15) is 0 Å². The van der Waals surface area contributed by atoms with Gasteiger partial charge >= 0.3 is 11.9 Å². The van der Waals surface area contributed by atoms with Crippen LogP contribution in [0.15, 0.2) is 11.8 Å². The molecule has 0 spiro atoms. The molecule has 1 rings (SSSR count). The van der Waals surface area contributed by atoms with Crippen LogP contribution in [0.3, 0.4) is 0 Å². The summed E-state index contributed by atoms with van der Waals surface area (Å²) in [4.78, 5) is 11.2. The Morgan fingerprint density at radius 2 is 2.21 bits per heavy atom. The quantitative estimate of drug-likeness (QED) is 0.541. The summed E-state index contributed by atoms with van der Waals surface area (Å²) in [7, 11) is 0. The van der Waals surface area contributed by atoms with Crippen molar-refractivity contribution in [3.8, 4) is 0 Å². The molecule has 1 heterocycles. The minimum Gasteiger partial charge on any atom is -0.404 e. The van der Waals surface area contributed by atoms with Crippen molar-refractivity contribution >= 4 is 5.97 Å². The molecule has 14 heavy (non-hydrogen) atoms. The van der Waals surface area contributed by atoms with Crippen LogP contribution in [0, 0.1) is 0 Å². The number of ether oxygens (including phenoxy) is 3. The third-order valence-electron chi connectivity index (χ3n) is 1.73. The third-order valence-corrected chi connectivity index (χ3v) is 1.73. The van der Waals surface area contributed by atoms with Crippen molar-refractivity contribution in [3.05, 3.63) is 11.8 Å². The average molecular weight is 201 g/mol. The van der Waals surface area contributed by atoms with Gasteiger partial charge in [0, 0.05) is 18.2 Å². The van der Waals surface area contributed by atoms with E-state index in [4.69, 9.17) is 19.9 Å². The van der Waals surface area contributed by atoms with Crippen molar-refractivity contribution in [2.24, 2.45) is 5.73 Å². The molecular weight excluding hydrogens is 186 g/mol. The molecule has 0 atom stereocenters. The molecule has 2 N–H and O–H groups in total. The fourth-order valence-electron chi connectivity index (χ4n) is 1.17. The molecule has 0 radical (unpaired) electrons. The van der Waals surface area contributed by atoms with E-state index in [-0.39, 0.29) is 6.29 Å². The van der Waals surface area contributed by atoms with Crippen LogP contribution in [0.25, 0.3) is 0 Å². The highest BCUT2D eigenvalue weighted by Gasteiger charge is 2.47. The lowest BCUT2D eigenvalue weighted by molar-refractivity contribution is -0.523. The summed E-state index contributed by atoms with van der Waals surface area (Å²) >= 11 is 0. The molecule has 80 valence electrons. The maximum atomic E-state index is 11.2. The second-order valence-corrected chi connectivity index (χ2v) is 3.15. The van der Waals surface area contributed by atoms with Gasteiger partial charge in [-0.05, 0) is 13.8 Å². The number of hydrogen-bond donors (Lipinski definition) is 1. The second kappa shape index (κ2) is 3.98. The summed E-state index contributed by atoms with van der Waals surface area (Å²) in [5, 5.41) is 0. The zero-order chi connectivity index (χ0) is 10.8. The van der Waals surface area contributed by atoms with E-state index in [0.29, 0.717) is 12.1 Å². The standard InChI is InChI=1S/C9H15NO4/c1-4-9(12-7(3)13-9)14-8(11)5-6(2)10/h5,7H,4,10H2,1-3H3/b6-5-. The van der Waals surface area contributed by atoms with Crippen molar-refractivity contribution in [2.45, 2.75) is 39.5 Å². The Labute approximate surface area is 82.8 Å². The zero-order valence-corrected chi connectivity index (χ0v) is 8.57. The highest BCUT2D eigenvalue weighted by atomic mass is 17.0. The number of carbonyl (C=O) groups excluding carboxylic acids is 1. The maximum Gasteiger partial charge on any atom is 0.336 e. The molecule has 0 saturated carbocycles. The Kier molecular flexibility index (Phi) is 3.13. The van der Waals surface area contributed by atoms with Crippen LogP contribution in [0.1, 0.15) is 27.2 Å². The Bertz CT molecular complexity index is 252. The van der Waals surface area contributed by atoms with E-state index in [1.165, 1.54) is 6.08 Å². The molecule has 0 aromatic carbocycles. The summed E-state index contributed by atoms with van der Waals surface area (Å²) in [5.41, 5.74) is 5.70. The molecule has 5 nitrogen and oxygen atoms in total. The molecule has 1 aliphatic heterocycles. The molecule has 0 bridgehead atoms. The van der Waals surface area contributed by atoms with Crippen LogP contribution in [-0.4, -0.2) is 18.2 Å². The fourth-order valence-corrected chi connectivity index (χ4v) is 1.17. The predicted molar refractivity (Wildman–Crippen MR) is 48.7 cm³/mol. The maximum absolute atomic E-state index is 11.2. The average Bonchev–Trinajstić information content (AvgIpc) is 1.99. The number of carbonyl (C=O) groups is 1. The van der Waals surface area contributed by atoms with Gasteiger partial charge in [-0.15, -0.1) is 0 Å². The smallest absolute Gasteiger partial charge is 0.336 e. The van der Waals surface area contributed by atoms with Gasteiger partial charge in [0.25, 0.3) is 0 Å². The van der Waals surface area contributed by atoms with Crippen LogP contribution in [0.4, 0.5) is 0 Å². The number of hydrogen-bond acceptors (Lipinski definition) is 5. The summed E-state index contributed by atoms with van der Waals surface area (Å²) in [6.45, 7) is 5.13. The van der Waals surface area contributed by atoms with E-state index >= 15 is 0 Å². The first-order valence-electron chi connectivity index (χ1n) is 4.50. The number of rotatable bonds is 3. The Hall–Kier alpha value is -1.07. The molecule has 1 saturated heterocycles. The van der Waals surface area contributed by atoms with E-state index in [1.807, 2.05) is 0 Å². The lowest BCUT2D eigenvalue weighted by Gasteiger charge is -2.43. The minimum absolute atomic E-state index is 0.328. The van der Waals surface area contributed by atoms with E-state index < -0.39 is 11.9 Å². The number of esters is 1. The lowest BCUT2D eigenvalue weighted by Crippen LogP contribution is -2.54. The van der Waals surface area contributed by atoms with Crippen molar-refractivity contribution in [1.82, 2.24) is 0 Å². The van der Waals surface area contributed by atoms with Crippen LogP contribution in [0.5, 0.6) is 0 Å². The zero-order valence-electron chi connectivity index (χ0n) is 8.57. The monoisotopic (exact) mass is 201 g/mol. The predicted octanol–water partition coefficient (Wildman–Crippen LogP) is 0.849. The van der Waals surface area contributed by atoms with E-state index in [9.17, 15) is 4.79 Å². The van der Waals surface area contributed by atoms with E-state index in [1.54, 1.807) is 20.8 Å². The Morgan fingerprint density at radius 1 is 1.64 bits per heavy atom. The summed E-state index contributed by atoms with van der Waals surface area (Å²) in [6, 6.07) is 0. The van der Waals surface area contributed by atoms with Crippen molar-refractivity contribution in [3.63, 3.8) is 0 Å². The fraction of sp³-hybridized carbons (Fsp3) is 0.667. The summed E-state index contributed by atoms with van der Waals surface area (Å²) in [6.07, 6.45) is 1.30. The van der Waals surface area contributed by atoms with Gasteiger partial charge in [0.1, 0.15) is 0 Å². The van der Waals surface area contributed by atoms with Crippen molar-refractivity contribution in [2.75, 3.05) is 0 Å². The molecule has 0 amide bonds. The molecule has 0 aromatic heterocycles. The normalized spacial score (nSPS) is 32.2. The van der Waals surface area contributed by atoms with Crippen LogP contribution in [-0.2, 0) is 19.0 Å². The van der Waals surface area contributed by atoms with Gasteiger partial charge in [0.15, 0.2) is 6.29 Å². The van der Waals surface area contributed by atoms with Gasteiger partial charge < -0.3 is 10.5 Å².